The third-order valence-corrected chi connectivity index (χ3v) is 5.94. The van der Waals surface area contributed by atoms with E-state index in [1.165, 1.54) is 22.2 Å². The topological polar surface area (TPSA) is 57.7 Å². The van der Waals surface area contributed by atoms with Crippen LogP contribution in [0.1, 0.15) is 36.2 Å². The molecule has 0 N–H and O–H groups in total. The van der Waals surface area contributed by atoms with E-state index in [-0.39, 0.29) is 0 Å². The molecule has 3 aromatic rings. The van der Waals surface area contributed by atoms with Crippen LogP contribution in [0.5, 0.6) is 0 Å². The van der Waals surface area contributed by atoms with Gasteiger partial charge in [-0.2, -0.15) is 5.26 Å². The van der Waals surface area contributed by atoms with E-state index in [0.29, 0.717) is 17.5 Å². The Morgan fingerprint density at radius 2 is 2.11 bits per heavy atom. The molecule has 3 aromatic heterocycles. The number of hydrogen-bond acceptors (Lipinski definition) is 4. The van der Waals surface area contributed by atoms with Gasteiger partial charge in [0, 0.05) is 49.1 Å². The number of piperidine rings is 1. The molecule has 1 saturated heterocycles. The number of fused-ring (bicyclic) bond motifs is 3. The number of anilines is 1. The van der Waals surface area contributed by atoms with E-state index >= 15 is 0 Å². The largest absolute Gasteiger partial charge is 0.355 e. The van der Waals surface area contributed by atoms with Gasteiger partial charge < -0.3 is 9.47 Å². The van der Waals surface area contributed by atoms with Crippen LogP contribution in [-0.2, 0) is 6.42 Å². The van der Waals surface area contributed by atoms with Gasteiger partial charge in [0.2, 0.25) is 0 Å². The van der Waals surface area contributed by atoms with E-state index in [1.54, 1.807) is 6.20 Å². The molecule has 0 saturated carbocycles. The quantitative estimate of drug-likeness (QED) is 0.698. The molecular formula is C22H21N5. The molecule has 1 fully saturated rings. The Balaban J connectivity index is 1.52. The molecule has 2 aliphatic rings. The summed E-state index contributed by atoms with van der Waals surface area (Å²) in [4.78, 5) is 11.5. The van der Waals surface area contributed by atoms with Crippen molar-refractivity contribution in [2.75, 3.05) is 18.0 Å². The Hall–Kier alpha value is -3.13. The molecular weight excluding hydrogens is 334 g/mol. The van der Waals surface area contributed by atoms with Gasteiger partial charge in [0.15, 0.2) is 0 Å². The van der Waals surface area contributed by atoms with Crippen molar-refractivity contribution in [3.63, 3.8) is 0 Å². The molecule has 0 spiro atoms. The van der Waals surface area contributed by atoms with Crippen LogP contribution in [0.25, 0.3) is 17.0 Å². The van der Waals surface area contributed by atoms with Crippen LogP contribution in [0, 0.1) is 17.2 Å². The summed E-state index contributed by atoms with van der Waals surface area (Å²) in [6, 6.07) is 8.52. The Morgan fingerprint density at radius 3 is 2.93 bits per heavy atom. The first-order valence-electron chi connectivity index (χ1n) is 9.50. The van der Waals surface area contributed by atoms with Crippen molar-refractivity contribution in [1.29, 1.82) is 5.26 Å². The van der Waals surface area contributed by atoms with Gasteiger partial charge >= 0.3 is 0 Å². The molecule has 0 amide bonds. The zero-order valence-electron chi connectivity index (χ0n) is 15.3. The van der Waals surface area contributed by atoms with E-state index < -0.39 is 0 Å². The van der Waals surface area contributed by atoms with Gasteiger partial charge in [0.1, 0.15) is 11.9 Å². The summed E-state index contributed by atoms with van der Waals surface area (Å²) >= 11 is 0. The van der Waals surface area contributed by atoms with Gasteiger partial charge in [-0.1, -0.05) is 19.1 Å². The molecule has 5 rings (SSSR count). The number of pyridine rings is 2. The first-order valence-corrected chi connectivity index (χ1v) is 9.50. The number of hydrogen-bond donors (Lipinski definition) is 0. The number of rotatable bonds is 2. The number of allylic oxidation sites excluding steroid dienone is 1. The van der Waals surface area contributed by atoms with Gasteiger partial charge in [-0.05, 0) is 30.5 Å². The highest BCUT2D eigenvalue weighted by Gasteiger charge is 2.30. The average molecular weight is 355 g/mol. The molecule has 27 heavy (non-hydrogen) atoms. The minimum atomic E-state index is 0.384. The first-order chi connectivity index (χ1) is 13.2. The van der Waals surface area contributed by atoms with Gasteiger partial charge in [0.05, 0.1) is 22.8 Å². The first kappa shape index (κ1) is 16.1. The standard InChI is InChI=1S/C22H21N5/c1-15-7-9-26(21-6-5-16(11-23)12-25-21)14-20(15)27-10-8-17-13-24-19-4-2-3-18(19)22(17)27/h2-3,5-6,8,10,12-13,15,20H,4,7,9,14H2,1H3/t15-,20+/m1/s1. The van der Waals surface area contributed by atoms with Crippen LogP contribution in [0.4, 0.5) is 5.82 Å². The van der Waals surface area contributed by atoms with Gasteiger partial charge in [-0.25, -0.2) is 4.98 Å². The van der Waals surface area contributed by atoms with Crippen LogP contribution in [-0.4, -0.2) is 27.6 Å². The van der Waals surface area contributed by atoms with Crippen molar-refractivity contribution in [1.82, 2.24) is 14.5 Å². The smallest absolute Gasteiger partial charge is 0.128 e. The molecule has 0 unspecified atom stereocenters. The molecule has 5 nitrogen and oxygen atoms in total. The number of aromatic nitrogens is 3. The van der Waals surface area contributed by atoms with E-state index in [1.807, 2.05) is 18.3 Å². The molecule has 0 bridgehead atoms. The molecule has 4 heterocycles. The van der Waals surface area contributed by atoms with E-state index in [2.05, 4.69) is 56.8 Å². The van der Waals surface area contributed by atoms with Gasteiger partial charge in [-0.3, -0.25) is 4.98 Å². The lowest BCUT2D eigenvalue weighted by Gasteiger charge is -2.39. The molecule has 0 radical (unpaired) electrons. The molecule has 134 valence electrons. The summed E-state index contributed by atoms with van der Waals surface area (Å²) in [5, 5.41) is 10.2. The average Bonchev–Trinajstić information content (AvgIpc) is 3.35. The predicted octanol–water partition coefficient (Wildman–Crippen LogP) is 3.96. The summed E-state index contributed by atoms with van der Waals surface area (Å²) in [7, 11) is 0. The summed E-state index contributed by atoms with van der Waals surface area (Å²) in [5.74, 6) is 1.54. The van der Waals surface area contributed by atoms with Crippen molar-refractivity contribution in [2.45, 2.75) is 25.8 Å². The lowest BCUT2D eigenvalue weighted by Crippen LogP contribution is -2.41. The maximum atomic E-state index is 9.00. The summed E-state index contributed by atoms with van der Waals surface area (Å²) in [6.45, 7) is 4.26. The highest BCUT2D eigenvalue weighted by molar-refractivity contribution is 5.90. The van der Waals surface area contributed by atoms with Crippen molar-refractivity contribution in [2.24, 2.45) is 5.92 Å². The zero-order valence-corrected chi connectivity index (χ0v) is 15.3. The van der Waals surface area contributed by atoms with Crippen LogP contribution in [0.15, 0.2) is 42.9 Å². The van der Waals surface area contributed by atoms with Crippen LogP contribution < -0.4 is 4.90 Å². The van der Waals surface area contributed by atoms with Crippen molar-refractivity contribution >= 4 is 22.8 Å². The molecule has 5 heteroatoms. The highest BCUT2D eigenvalue weighted by Crippen LogP contribution is 2.35. The maximum absolute atomic E-state index is 9.00. The maximum Gasteiger partial charge on any atom is 0.128 e. The van der Waals surface area contributed by atoms with Crippen molar-refractivity contribution < 1.29 is 0 Å². The molecule has 1 aliphatic carbocycles. The summed E-state index contributed by atoms with van der Waals surface area (Å²) in [5.41, 5.74) is 4.36. The monoisotopic (exact) mass is 355 g/mol. The molecule has 1 aliphatic heterocycles. The van der Waals surface area contributed by atoms with Gasteiger partial charge in [-0.15, -0.1) is 0 Å². The van der Waals surface area contributed by atoms with E-state index in [4.69, 9.17) is 5.26 Å². The third-order valence-electron chi connectivity index (χ3n) is 5.94. The van der Waals surface area contributed by atoms with E-state index in [9.17, 15) is 0 Å². The Bertz CT molecular complexity index is 1070. The highest BCUT2D eigenvalue weighted by atomic mass is 15.2. The van der Waals surface area contributed by atoms with E-state index in [0.717, 1.165) is 31.7 Å². The Kier molecular flexibility index (Phi) is 3.71. The lowest BCUT2D eigenvalue weighted by molar-refractivity contribution is 0.304. The van der Waals surface area contributed by atoms with Crippen LogP contribution in [0.3, 0.4) is 0 Å². The second kappa shape index (κ2) is 6.24. The minimum Gasteiger partial charge on any atom is -0.355 e. The fraction of sp³-hybridized carbons (Fsp3) is 0.318. The minimum absolute atomic E-state index is 0.384. The fourth-order valence-electron chi connectivity index (χ4n) is 4.38. The lowest BCUT2D eigenvalue weighted by atomic mass is 9.93. The fourth-order valence-corrected chi connectivity index (χ4v) is 4.38. The van der Waals surface area contributed by atoms with Gasteiger partial charge in [0.25, 0.3) is 0 Å². The van der Waals surface area contributed by atoms with Crippen LogP contribution >= 0.6 is 0 Å². The Labute approximate surface area is 158 Å². The third kappa shape index (κ3) is 2.60. The SMILES string of the molecule is C[C@@H]1CCN(c2ccc(C#N)cn2)C[C@@H]1n1ccc2cnc3c(c21)C=CC3. The number of nitrogens with zero attached hydrogens (tertiary/aromatic N) is 5. The molecule has 0 aromatic carbocycles. The number of nitriles is 1. The second-order valence-electron chi connectivity index (χ2n) is 7.55. The molecule has 2 atom stereocenters. The van der Waals surface area contributed by atoms with Crippen LogP contribution in [0.2, 0.25) is 0 Å². The predicted molar refractivity (Wildman–Crippen MR) is 106 cm³/mol. The normalized spacial score (nSPS) is 21.4. The van der Waals surface area contributed by atoms with Crippen molar-refractivity contribution in [3.05, 3.63) is 59.7 Å². The summed E-state index contributed by atoms with van der Waals surface area (Å²) in [6.07, 6.45) is 12.4. The second-order valence-corrected chi connectivity index (χ2v) is 7.55. The summed E-state index contributed by atoms with van der Waals surface area (Å²) < 4.78 is 2.45. The van der Waals surface area contributed by atoms with Crippen molar-refractivity contribution in [3.8, 4) is 6.07 Å². The zero-order chi connectivity index (χ0) is 18.4. The Morgan fingerprint density at radius 1 is 1.19 bits per heavy atom.